The van der Waals surface area contributed by atoms with Crippen molar-refractivity contribution in [3.05, 3.63) is 115 Å². The number of carbonyl (C=O) groups excluding carboxylic acids is 2. The minimum Gasteiger partial charge on any atom is -0.507 e. The molecule has 4 fully saturated rings. The van der Waals surface area contributed by atoms with Crippen LogP contribution in [0.1, 0.15) is 444 Å². The lowest BCUT2D eigenvalue weighted by atomic mass is 9.64. The van der Waals surface area contributed by atoms with Gasteiger partial charge in [-0.1, -0.05) is 309 Å². The monoisotopic (exact) mass is 1570 g/mol. The van der Waals surface area contributed by atoms with Crippen LogP contribution in [-0.2, 0) is 77.3 Å². The summed E-state index contributed by atoms with van der Waals surface area (Å²) in [6, 6.07) is 17.2. The van der Waals surface area contributed by atoms with Crippen molar-refractivity contribution in [2.75, 3.05) is 13.2 Å². The maximum atomic E-state index is 12.3. The van der Waals surface area contributed by atoms with Gasteiger partial charge in [0, 0.05) is 48.2 Å². The second-order valence-electron chi connectivity index (χ2n) is 47.4. The summed E-state index contributed by atoms with van der Waals surface area (Å²) >= 11 is 0. The highest BCUT2D eigenvalue weighted by molar-refractivity contribution is 5.70. The molecule has 0 amide bonds. The van der Waals surface area contributed by atoms with Gasteiger partial charge in [-0.2, -0.15) is 0 Å². The van der Waals surface area contributed by atoms with Crippen LogP contribution in [0.15, 0.2) is 48.5 Å². The summed E-state index contributed by atoms with van der Waals surface area (Å²) in [4.78, 5) is 24.6. The Morgan fingerprint density at radius 3 is 0.956 bits per heavy atom. The molecule has 0 spiro atoms. The van der Waals surface area contributed by atoms with E-state index in [4.69, 9.17) is 18.9 Å². The Labute approximate surface area is 693 Å². The molecule has 11 nitrogen and oxygen atoms in total. The van der Waals surface area contributed by atoms with E-state index in [-0.39, 0.29) is 101 Å². The number of phenols is 4. The van der Waals surface area contributed by atoms with Crippen LogP contribution in [0.4, 0.5) is 0 Å². The van der Waals surface area contributed by atoms with E-state index in [2.05, 4.69) is 305 Å². The lowest BCUT2D eigenvalue weighted by Crippen LogP contribution is -2.59. The molecule has 0 unspecified atom stereocenters. The molecule has 0 aromatic heterocycles. The van der Waals surface area contributed by atoms with Crippen molar-refractivity contribution in [2.24, 2.45) is 22.7 Å². The highest BCUT2D eigenvalue weighted by atomic mass is 16.7. The molecule has 2 aliphatic carbocycles. The smallest absolute Gasteiger partial charge is 0.306 e. The van der Waals surface area contributed by atoms with Crippen LogP contribution in [0.5, 0.6) is 23.0 Å². The highest BCUT2D eigenvalue weighted by Crippen LogP contribution is 2.50. The summed E-state index contributed by atoms with van der Waals surface area (Å²) in [5.74, 6) is 3.70. The predicted octanol–water partition coefficient (Wildman–Crippen LogP) is 27.6. The maximum Gasteiger partial charge on any atom is 0.306 e. The van der Waals surface area contributed by atoms with E-state index in [1.165, 1.54) is 48.8 Å². The summed E-state index contributed by atoms with van der Waals surface area (Å²) in [5, 5.41) is 46.2. The van der Waals surface area contributed by atoms with E-state index in [1.807, 2.05) is 12.1 Å². The molecular formula is C102H171NO10. The van der Waals surface area contributed by atoms with Crippen LogP contribution in [0.25, 0.3) is 0 Å². The lowest BCUT2D eigenvalue weighted by molar-refractivity contribution is -0.202. The molecule has 644 valence electrons. The van der Waals surface area contributed by atoms with Gasteiger partial charge >= 0.3 is 11.9 Å². The van der Waals surface area contributed by atoms with Crippen molar-refractivity contribution >= 4 is 11.9 Å². The van der Waals surface area contributed by atoms with Gasteiger partial charge in [-0.15, -0.1) is 0 Å². The van der Waals surface area contributed by atoms with E-state index in [9.17, 15) is 30.0 Å². The molecule has 0 radical (unpaired) electrons. The molecule has 11 heteroatoms. The third-order valence-corrected chi connectivity index (χ3v) is 23.1. The second kappa shape index (κ2) is 38.3. The quantitative estimate of drug-likeness (QED) is 0.0639. The van der Waals surface area contributed by atoms with Crippen LogP contribution in [0, 0.1) is 29.6 Å². The van der Waals surface area contributed by atoms with Crippen LogP contribution in [0.2, 0.25) is 0 Å². The van der Waals surface area contributed by atoms with Crippen LogP contribution in [0.3, 0.4) is 0 Å². The minimum absolute atomic E-state index is 0.00394. The number of aryl methyl sites for hydroxylation is 1. The van der Waals surface area contributed by atoms with Gasteiger partial charge in [-0.3, -0.25) is 9.59 Å². The van der Waals surface area contributed by atoms with Gasteiger partial charge in [-0.25, -0.2) is 0 Å². The van der Waals surface area contributed by atoms with Crippen molar-refractivity contribution in [3.63, 3.8) is 0 Å². The number of nitrogens with one attached hydrogen (secondary N) is 1. The Bertz CT molecular complexity index is 3370. The van der Waals surface area contributed by atoms with Gasteiger partial charge in [0.1, 0.15) is 35.2 Å². The highest BCUT2D eigenvalue weighted by Gasteiger charge is 2.42. The standard InChI is InChI=1S/C29H53NO4.C21H34O.C19H30O3.C18H30O.C15H24O/c1-26(2)17-22(18-27(3,4)21-26)33-24(31)15-13-11-9-10-12-14-16-25(32)34-23-19-28(5,6)30-29(7,8)20-23;1-14-8-10-15(11-9-14)16-12-17(20(2,3)4)19(22)18(13-16)21(5,6)7;1-12-10-21-17(22-11-12)13-8-14(18(2,3)4)16(20)15(9-13)19(5,6)7;1-16(2,3)12-10-13(17(4,5)6)15(19)14(11-12)18(7,8)9;1-10-8-11(14(2,3)4)13(16)12(9-10)15(5,6)7/h22-23,30H,9-21H2,1-8H3;12-15,22H,8-11H2,1-7H3;8-9,12,17,20H,10-11H2,1-7H3;10-11,19H,1-9H3;8-9,16H,1-7H3. The van der Waals surface area contributed by atoms with Crippen LogP contribution >= 0.6 is 0 Å². The third kappa shape index (κ3) is 31.9. The molecule has 2 heterocycles. The van der Waals surface area contributed by atoms with Gasteiger partial charge in [0.15, 0.2) is 6.29 Å². The summed E-state index contributed by atoms with van der Waals surface area (Å²) in [7, 11) is 0. The van der Waals surface area contributed by atoms with E-state index in [0.717, 1.165) is 120 Å². The summed E-state index contributed by atoms with van der Waals surface area (Å²) in [6.07, 6.45) is 16.9. The molecule has 2 saturated heterocycles. The van der Waals surface area contributed by atoms with E-state index in [0.29, 0.717) is 60.9 Å². The molecule has 4 aromatic carbocycles. The minimum atomic E-state index is -0.334. The number of hydrogen-bond donors (Lipinski definition) is 5. The number of rotatable bonds is 13. The summed E-state index contributed by atoms with van der Waals surface area (Å²) < 4.78 is 23.3. The number of unbranched alkanes of at least 4 members (excludes halogenated alkanes) is 5. The number of phenolic OH excluding ortho intramolecular Hbond substituents is 4. The molecule has 5 N–H and O–H groups in total. The fraction of sp³-hybridized carbons (Fsp3) is 0.745. The number of esters is 2. The molecule has 0 bridgehead atoms. The van der Waals surface area contributed by atoms with Crippen LogP contribution in [-0.4, -0.2) is 68.9 Å². The van der Waals surface area contributed by atoms with Crippen molar-refractivity contribution in [2.45, 2.75) is 456 Å². The number of hydrogen-bond acceptors (Lipinski definition) is 11. The molecule has 8 rings (SSSR count). The normalized spacial score (nSPS) is 20.5. The zero-order valence-electron chi connectivity index (χ0n) is 79.8. The Morgan fingerprint density at radius 2 is 0.655 bits per heavy atom. The Kier molecular flexibility index (Phi) is 34.0. The van der Waals surface area contributed by atoms with Crippen molar-refractivity contribution in [3.8, 4) is 23.0 Å². The first-order valence-electron chi connectivity index (χ1n) is 43.7. The van der Waals surface area contributed by atoms with Crippen molar-refractivity contribution in [1.82, 2.24) is 5.32 Å². The predicted molar refractivity (Wildman–Crippen MR) is 478 cm³/mol. The molecule has 4 aromatic rings. The lowest BCUT2D eigenvalue weighted by Gasteiger charge is -2.45. The first-order chi connectivity index (χ1) is 50.8. The SMILES string of the molecule is CC(C)(C)c1cc(C(C)(C)C)c(O)c(C(C)(C)C)c1.CC1(C)CC(OC(=O)CCCCCCCCC(=O)OC2CC(C)(C)NC(C)(C)C2)CC(C)(C)C1.CC1CCC(c2cc(C(C)(C)C)c(O)c(C(C)(C)C)c2)CC1.CC1COC(c2cc(C(C)(C)C)c(O)c(C(C)(C)C)c2)OC1.Cc1cc(C(C)(C)C)c(O)c(C(C)(C)C)c1. The Morgan fingerprint density at radius 1 is 0.381 bits per heavy atom. The van der Waals surface area contributed by atoms with E-state index in [1.54, 1.807) is 0 Å². The summed E-state index contributed by atoms with van der Waals surface area (Å²) in [6.45, 7) is 84.0. The fourth-order valence-corrected chi connectivity index (χ4v) is 17.4. The van der Waals surface area contributed by atoms with Crippen LogP contribution < -0.4 is 5.32 Å². The van der Waals surface area contributed by atoms with Gasteiger partial charge in [0.25, 0.3) is 0 Å². The topological polar surface area (TPSA) is 164 Å². The number of carbonyl (C=O) groups is 2. The van der Waals surface area contributed by atoms with E-state index < -0.39 is 0 Å². The van der Waals surface area contributed by atoms with Crippen molar-refractivity contribution in [1.29, 1.82) is 0 Å². The summed E-state index contributed by atoms with van der Waals surface area (Å²) in [5.41, 5.74) is 13.3. The number of benzene rings is 4. The molecule has 113 heavy (non-hydrogen) atoms. The molecule has 4 aliphatic rings. The zero-order chi connectivity index (χ0) is 87.0. The average molecular weight is 1570 g/mol. The number of piperidine rings is 1. The average Bonchev–Trinajstić information content (AvgIpc) is 0.808. The van der Waals surface area contributed by atoms with E-state index >= 15 is 0 Å². The van der Waals surface area contributed by atoms with Gasteiger partial charge in [-0.05, 0) is 219 Å². The van der Waals surface area contributed by atoms with Gasteiger partial charge < -0.3 is 44.7 Å². The molecule has 2 aliphatic heterocycles. The second-order valence-corrected chi connectivity index (χ2v) is 47.4. The molecule has 2 saturated carbocycles. The van der Waals surface area contributed by atoms with Gasteiger partial charge in [0.05, 0.1) is 13.2 Å². The Hall–Kier alpha value is -5.10. The first kappa shape index (κ1) is 100. The fourth-order valence-electron chi connectivity index (χ4n) is 17.4. The first-order valence-corrected chi connectivity index (χ1v) is 43.7. The Balaban J connectivity index is 0.000000305. The van der Waals surface area contributed by atoms with Gasteiger partial charge in [0.2, 0.25) is 0 Å². The largest absolute Gasteiger partial charge is 0.507 e. The maximum absolute atomic E-state index is 12.3. The van der Waals surface area contributed by atoms with Crippen molar-refractivity contribution < 1.29 is 49.0 Å². The molecule has 0 atom stereocenters. The molecular weight excluding hydrogens is 1400 g/mol. The number of aromatic hydroxyl groups is 4. The number of ether oxygens (including phenoxy) is 4. The zero-order valence-corrected chi connectivity index (χ0v) is 79.8. The third-order valence-electron chi connectivity index (χ3n) is 23.1.